The smallest absolute Gasteiger partial charge is 0.330 e. The van der Waals surface area contributed by atoms with E-state index in [1.54, 1.807) is 19.1 Å². The minimum Gasteiger partial charge on any atom is -0.463 e. The van der Waals surface area contributed by atoms with Gasteiger partial charge in [-0.2, -0.15) is 0 Å². The molecule has 0 radical (unpaired) electrons. The number of aliphatic hydroxyl groups is 1. The maximum absolute atomic E-state index is 10.8. The van der Waals surface area contributed by atoms with Gasteiger partial charge in [-0.3, -0.25) is 0 Å². The van der Waals surface area contributed by atoms with Gasteiger partial charge in [0.05, 0.1) is 13.2 Å². The average Bonchev–Trinajstić information content (AvgIpc) is 2.13. The molecule has 0 spiro atoms. The Kier molecular flexibility index (Phi) is 7.84. The Hall–Kier alpha value is -1.09. The summed E-state index contributed by atoms with van der Waals surface area (Å²) in [6, 6.07) is 0. The molecule has 3 nitrogen and oxygen atoms in total. The fraction of sp³-hybridized carbons (Fsp3) is 0.545. The van der Waals surface area contributed by atoms with E-state index in [4.69, 9.17) is 9.84 Å². The van der Waals surface area contributed by atoms with Crippen molar-refractivity contribution in [2.24, 2.45) is 0 Å². The van der Waals surface area contributed by atoms with Gasteiger partial charge in [0.15, 0.2) is 0 Å². The summed E-state index contributed by atoms with van der Waals surface area (Å²) in [5.74, 6) is -0.295. The number of hydrogen-bond donors (Lipinski definition) is 1. The maximum atomic E-state index is 10.8. The highest BCUT2D eigenvalue weighted by Gasteiger charge is 1.92. The van der Waals surface area contributed by atoms with Crippen LogP contribution in [0.2, 0.25) is 0 Å². The van der Waals surface area contributed by atoms with Gasteiger partial charge < -0.3 is 9.84 Å². The number of aliphatic hydroxyl groups excluding tert-OH is 1. The second-order valence-electron chi connectivity index (χ2n) is 2.93. The van der Waals surface area contributed by atoms with Gasteiger partial charge in [-0.05, 0) is 26.7 Å². The van der Waals surface area contributed by atoms with Crippen molar-refractivity contribution < 1.29 is 14.6 Å². The Morgan fingerprint density at radius 1 is 1.50 bits per heavy atom. The third kappa shape index (κ3) is 7.55. The molecule has 0 aliphatic rings. The van der Waals surface area contributed by atoms with Crippen LogP contribution in [-0.4, -0.2) is 24.3 Å². The van der Waals surface area contributed by atoms with Gasteiger partial charge in [0.25, 0.3) is 0 Å². The molecular weight excluding hydrogens is 180 g/mol. The van der Waals surface area contributed by atoms with Crippen LogP contribution in [0.4, 0.5) is 0 Å². The largest absolute Gasteiger partial charge is 0.463 e. The summed E-state index contributed by atoms with van der Waals surface area (Å²) >= 11 is 0. The van der Waals surface area contributed by atoms with Crippen LogP contribution in [0.1, 0.15) is 26.7 Å². The van der Waals surface area contributed by atoms with Crippen LogP contribution in [0.5, 0.6) is 0 Å². The molecule has 1 N–H and O–H groups in total. The molecule has 0 bridgehead atoms. The molecule has 0 aromatic heterocycles. The molecule has 0 saturated heterocycles. The molecule has 0 heterocycles. The van der Waals surface area contributed by atoms with Crippen molar-refractivity contribution in [2.45, 2.75) is 26.7 Å². The number of rotatable bonds is 6. The van der Waals surface area contributed by atoms with Gasteiger partial charge in [0.2, 0.25) is 0 Å². The van der Waals surface area contributed by atoms with Gasteiger partial charge in [-0.25, -0.2) is 4.79 Å². The lowest BCUT2D eigenvalue weighted by molar-refractivity contribution is -0.137. The molecular formula is C11H18O3. The summed E-state index contributed by atoms with van der Waals surface area (Å²) in [4.78, 5) is 10.8. The lowest BCUT2D eigenvalue weighted by atomic mass is 10.1. The first-order chi connectivity index (χ1) is 6.70. The molecule has 0 atom stereocenters. The van der Waals surface area contributed by atoms with E-state index in [-0.39, 0.29) is 12.6 Å². The lowest BCUT2D eigenvalue weighted by Gasteiger charge is -1.96. The van der Waals surface area contributed by atoms with E-state index in [2.05, 4.69) is 0 Å². The summed E-state index contributed by atoms with van der Waals surface area (Å²) in [5.41, 5.74) is 1.13. The highest BCUT2D eigenvalue weighted by molar-refractivity contribution is 5.81. The summed E-state index contributed by atoms with van der Waals surface area (Å²) in [7, 11) is 0. The number of esters is 1. The molecule has 0 aromatic rings. The first-order valence-corrected chi connectivity index (χ1v) is 4.80. The summed E-state index contributed by atoms with van der Waals surface area (Å²) in [6.07, 6.45) is 6.64. The topological polar surface area (TPSA) is 46.5 Å². The molecule has 0 unspecified atom stereocenters. The molecule has 14 heavy (non-hydrogen) atoms. The van der Waals surface area contributed by atoms with Crippen LogP contribution in [0, 0.1) is 0 Å². The zero-order valence-electron chi connectivity index (χ0n) is 8.82. The van der Waals surface area contributed by atoms with Gasteiger partial charge in [-0.15, -0.1) is 0 Å². The predicted octanol–water partition coefficient (Wildman–Crippen LogP) is 1.82. The molecule has 0 aliphatic carbocycles. The monoisotopic (exact) mass is 198 g/mol. The van der Waals surface area contributed by atoms with E-state index in [9.17, 15) is 4.79 Å². The Balaban J connectivity index is 3.62. The van der Waals surface area contributed by atoms with E-state index in [1.807, 2.05) is 6.92 Å². The Bertz CT molecular complexity index is 217. The molecule has 0 saturated carbocycles. The molecule has 0 amide bonds. The van der Waals surface area contributed by atoms with Crippen LogP contribution < -0.4 is 0 Å². The number of hydrogen-bond acceptors (Lipinski definition) is 3. The van der Waals surface area contributed by atoms with Crippen LogP contribution >= 0.6 is 0 Å². The first kappa shape index (κ1) is 12.9. The second kappa shape index (κ2) is 8.51. The lowest BCUT2D eigenvalue weighted by Crippen LogP contribution is -1.98. The van der Waals surface area contributed by atoms with E-state index >= 15 is 0 Å². The fourth-order valence-corrected chi connectivity index (χ4v) is 0.939. The fourth-order valence-electron chi connectivity index (χ4n) is 0.939. The van der Waals surface area contributed by atoms with Gasteiger partial charge in [0, 0.05) is 6.08 Å². The zero-order chi connectivity index (χ0) is 10.8. The van der Waals surface area contributed by atoms with Crippen LogP contribution in [0.3, 0.4) is 0 Å². The Morgan fingerprint density at radius 2 is 2.21 bits per heavy atom. The van der Waals surface area contributed by atoms with Gasteiger partial charge >= 0.3 is 5.97 Å². The quantitative estimate of drug-likeness (QED) is 0.402. The Morgan fingerprint density at radius 3 is 2.79 bits per heavy atom. The molecule has 80 valence electrons. The second-order valence-corrected chi connectivity index (χ2v) is 2.93. The van der Waals surface area contributed by atoms with Crippen molar-refractivity contribution in [2.75, 3.05) is 13.2 Å². The molecule has 0 rings (SSSR count). The van der Waals surface area contributed by atoms with Crippen molar-refractivity contribution >= 4 is 5.97 Å². The minimum atomic E-state index is -0.295. The molecule has 0 aliphatic heterocycles. The molecule has 3 heteroatoms. The average molecular weight is 198 g/mol. The third-order valence-corrected chi connectivity index (χ3v) is 1.69. The summed E-state index contributed by atoms with van der Waals surface area (Å²) < 4.78 is 4.72. The molecule has 0 fully saturated rings. The van der Waals surface area contributed by atoms with Crippen LogP contribution in [0.25, 0.3) is 0 Å². The SMILES string of the molecule is CCOC(=O)/C=C/CC/C(C)=C/CO. The summed E-state index contributed by atoms with van der Waals surface area (Å²) in [6.45, 7) is 4.22. The normalized spacial score (nSPS) is 12.1. The van der Waals surface area contributed by atoms with Crippen LogP contribution in [0.15, 0.2) is 23.8 Å². The van der Waals surface area contributed by atoms with Crippen molar-refractivity contribution in [3.8, 4) is 0 Å². The highest BCUT2D eigenvalue weighted by atomic mass is 16.5. The number of ether oxygens (including phenoxy) is 1. The zero-order valence-corrected chi connectivity index (χ0v) is 8.82. The van der Waals surface area contributed by atoms with Gasteiger partial charge in [0.1, 0.15) is 0 Å². The van der Waals surface area contributed by atoms with Crippen molar-refractivity contribution in [1.29, 1.82) is 0 Å². The Labute approximate surface area is 85.1 Å². The number of allylic oxidation sites excluding steroid dienone is 2. The van der Waals surface area contributed by atoms with Crippen LogP contribution in [-0.2, 0) is 9.53 Å². The van der Waals surface area contributed by atoms with E-state index in [0.29, 0.717) is 6.61 Å². The van der Waals surface area contributed by atoms with E-state index in [1.165, 1.54) is 6.08 Å². The third-order valence-electron chi connectivity index (χ3n) is 1.69. The van der Waals surface area contributed by atoms with E-state index in [0.717, 1.165) is 18.4 Å². The standard InChI is InChI=1S/C11H18O3/c1-3-14-11(13)7-5-4-6-10(2)8-9-12/h5,7-8,12H,3-4,6,9H2,1-2H3/b7-5+,10-8+. The summed E-state index contributed by atoms with van der Waals surface area (Å²) in [5, 5.41) is 8.58. The van der Waals surface area contributed by atoms with E-state index < -0.39 is 0 Å². The van der Waals surface area contributed by atoms with Crippen molar-refractivity contribution in [1.82, 2.24) is 0 Å². The number of carbonyl (C=O) groups excluding carboxylic acids is 1. The van der Waals surface area contributed by atoms with Crippen molar-refractivity contribution in [3.05, 3.63) is 23.8 Å². The minimum absolute atomic E-state index is 0.0768. The molecule has 0 aromatic carbocycles. The first-order valence-electron chi connectivity index (χ1n) is 4.80. The van der Waals surface area contributed by atoms with Gasteiger partial charge in [-0.1, -0.05) is 17.7 Å². The number of carbonyl (C=O) groups is 1. The maximum Gasteiger partial charge on any atom is 0.330 e. The van der Waals surface area contributed by atoms with Crippen molar-refractivity contribution in [3.63, 3.8) is 0 Å². The predicted molar refractivity (Wildman–Crippen MR) is 55.8 cm³/mol. The highest BCUT2D eigenvalue weighted by Crippen LogP contribution is 2.03.